The summed E-state index contributed by atoms with van der Waals surface area (Å²) < 4.78 is 6.94. The fraction of sp³-hybridized carbons (Fsp3) is 0.375. The van der Waals surface area contributed by atoms with E-state index in [2.05, 4.69) is 10.3 Å². The second kappa shape index (κ2) is 8.60. The Balaban J connectivity index is 1.82. The highest BCUT2D eigenvalue weighted by molar-refractivity contribution is 7.98. The number of carbonyl (C=O) groups excluding carboxylic acids is 1. The van der Waals surface area contributed by atoms with Crippen LogP contribution in [0.25, 0.3) is 0 Å². The van der Waals surface area contributed by atoms with Gasteiger partial charge in [0, 0.05) is 51.0 Å². The summed E-state index contributed by atoms with van der Waals surface area (Å²) in [6, 6.07) is 7.69. The monoisotopic (exact) mass is 319 g/mol. The summed E-state index contributed by atoms with van der Waals surface area (Å²) in [4.78, 5) is 16.2. The van der Waals surface area contributed by atoms with Gasteiger partial charge >= 0.3 is 0 Å². The van der Waals surface area contributed by atoms with Gasteiger partial charge in [0.2, 0.25) is 0 Å². The van der Waals surface area contributed by atoms with Crippen LogP contribution in [0.2, 0.25) is 0 Å². The zero-order valence-electron chi connectivity index (χ0n) is 12.9. The average molecular weight is 319 g/mol. The van der Waals surface area contributed by atoms with E-state index in [4.69, 9.17) is 4.74 Å². The standard InChI is InChI=1S/C16H21N3O2S/c1-19-10-9-18-16(19)22-12-13-4-6-14(7-5-13)15(20)17-8-3-11-21-2/h4-7,9-10H,3,8,11-12H2,1-2H3,(H,17,20). The van der Waals surface area contributed by atoms with Gasteiger partial charge in [-0.05, 0) is 24.1 Å². The van der Waals surface area contributed by atoms with Gasteiger partial charge in [-0.25, -0.2) is 4.98 Å². The number of amides is 1. The number of imidazole rings is 1. The predicted octanol–water partition coefficient (Wildman–Crippen LogP) is 2.48. The van der Waals surface area contributed by atoms with E-state index in [0.717, 1.165) is 17.3 Å². The van der Waals surface area contributed by atoms with Crippen molar-refractivity contribution in [2.24, 2.45) is 7.05 Å². The molecule has 1 N–H and O–H groups in total. The smallest absolute Gasteiger partial charge is 0.251 e. The number of ether oxygens (including phenoxy) is 1. The molecule has 0 aliphatic rings. The van der Waals surface area contributed by atoms with Crippen LogP contribution in [0.15, 0.2) is 41.8 Å². The molecule has 0 aliphatic heterocycles. The Morgan fingerprint density at radius 3 is 2.77 bits per heavy atom. The molecule has 0 spiro atoms. The normalized spacial score (nSPS) is 10.6. The molecule has 22 heavy (non-hydrogen) atoms. The Labute approximate surface area is 135 Å². The number of nitrogens with one attached hydrogen (secondary N) is 1. The van der Waals surface area contributed by atoms with Crippen molar-refractivity contribution in [2.75, 3.05) is 20.3 Å². The molecule has 2 aromatic rings. The Morgan fingerprint density at radius 2 is 2.14 bits per heavy atom. The molecular weight excluding hydrogens is 298 g/mol. The molecule has 1 heterocycles. The summed E-state index contributed by atoms with van der Waals surface area (Å²) in [6.45, 7) is 1.28. The van der Waals surface area contributed by atoms with Gasteiger partial charge in [-0.1, -0.05) is 23.9 Å². The second-order valence-electron chi connectivity index (χ2n) is 4.91. The van der Waals surface area contributed by atoms with Crippen molar-refractivity contribution >= 4 is 17.7 Å². The van der Waals surface area contributed by atoms with Crippen LogP contribution in [0.4, 0.5) is 0 Å². The zero-order chi connectivity index (χ0) is 15.8. The number of methoxy groups -OCH3 is 1. The summed E-state index contributed by atoms with van der Waals surface area (Å²) in [5.74, 6) is 0.792. The van der Waals surface area contributed by atoms with Crippen molar-refractivity contribution in [3.8, 4) is 0 Å². The zero-order valence-corrected chi connectivity index (χ0v) is 13.7. The van der Waals surface area contributed by atoms with E-state index in [0.29, 0.717) is 18.7 Å². The quantitative estimate of drug-likeness (QED) is 0.600. The highest BCUT2D eigenvalue weighted by Gasteiger charge is 2.05. The molecule has 0 radical (unpaired) electrons. The fourth-order valence-electron chi connectivity index (χ4n) is 1.91. The molecule has 0 unspecified atom stereocenters. The predicted molar refractivity (Wildman–Crippen MR) is 88.0 cm³/mol. The molecule has 0 saturated heterocycles. The van der Waals surface area contributed by atoms with Crippen molar-refractivity contribution in [3.63, 3.8) is 0 Å². The molecule has 2 rings (SSSR count). The molecular formula is C16H21N3O2S. The molecule has 5 nitrogen and oxygen atoms in total. The summed E-state index contributed by atoms with van der Waals surface area (Å²) in [5, 5.41) is 3.86. The lowest BCUT2D eigenvalue weighted by Gasteiger charge is -2.06. The van der Waals surface area contributed by atoms with Gasteiger partial charge in [-0.15, -0.1) is 0 Å². The number of benzene rings is 1. The van der Waals surface area contributed by atoms with Crippen LogP contribution >= 0.6 is 11.8 Å². The molecule has 0 atom stereocenters. The second-order valence-corrected chi connectivity index (χ2v) is 5.85. The van der Waals surface area contributed by atoms with E-state index in [1.807, 2.05) is 42.1 Å². The maximum atomic E-state index is 11.9. The molecule has 6 heteroatoms. The van der Waals surface area contributed by atoms with Gasteiger partial charge in [0.05, 0.1) is 0 Å². The third-order valence-corrected chi connectivity index (χ3v) is 4.30. The van der Waals surface area contributed by atoms with Crippen LogP contribution in [-0.2, 0) is 17.5 Å². The Bertz CT molecular complexity index is 596. The third-order valence-electron chi connectivity index (χ3n) is 3.17. The van der Waals surface area contributed by atoms with Gasteiger partial charge in [0.15, 0.2) is 5.16 Å². The van der Waals surface area contributed by atoms with Crippen LogP contribution in [0, 0.1) is 0 Å². The van der Waals surface area contributed by atoms with Crippen molar-refractivity contribution in [1.82, 2.24) is 14.9 Å². The first-order chi connectivity index (χ1) is 10.7. The number of aryl methyl sites for hydroxylation is 1. The largest absolute Gasteiger partial charge is 0.385 e. The number of nitrogens with zero attached hydrogens (tertiary/aromatic N) is 2. The van der Waals surface area contributed by atoms with E-state index in [-0.39, 0.29) is 5.91 Å². The molecule has 118 valence electrons. The lowest BCUT2D eigenvalue weighted by atomic mass is 10.1. The Hall–Kier alpha value is -1.79. The van der Waals surface area contributed by atoms with E-state index in [1.54, 1.807) is 25.1 Å². The van der Waals surface area contributed by atoms with E-state index < -0.39 is 0 Å². The number of thioether (sulfide) groups is 1. The summed E-state index contributed by atoms with van der Waals surface area (Å²) in [6.07, 6.45) is 4.54. The lowest BCUT2D eigenvalue weighted by molar-refractivity contribution is 0.0948. The SMILES string of the molecule is COCCCNC(=O)c1ccc(CSc2nccn2C)cc1. The molecule has 0 saturated carbocycles. The number of aromatic nitrogens is 2. The van der Waals surface area contributed by atoms with E-state index in [1.165, 1.54) is 5.56 Å². The maximum absolute atomic E-state index is 11.9. The molecule has 0 fully saturated rings. The van der Waals surface area contributed by atoms with Crippen molar-refractivity contribution < 1.29 is 9.53 Å². The number of hydrogen-bond acceptors (Lipinski definition) is 4. The number of hydrogen-bond donors (Lipinski definition) is 1. The minimum atomic E-state index is -0.0422. The number of rotatable bonds is 8. The topological polar surface area (TPSA) is 56.1 Å². The van der Waals surface area contributed by atoms with Crippen LogP contribution in [0.3, 0.4) is 0 Å². The maximum Gasteiger partial charge on any atom is 0.251 e. The first-order valence-electron chi connectivity index (χ1n) is 7.17. The first kappa shape index (κ1) is 16.6. The highest BCUT2D eigenvalue weighted by atomic mass is 32.2. The number of carbonyl (C=O) groups is 1. The van der Waals surface area contributed by atoms with Crippen molar-refractivity contribution in [2.45, 2.75) is 17.3 Å². The summed E-state index contributed by atoms with van der Waals surface area (Å²) in [7, 11) is 3.63. The summed E-state index contributed by atoms with van der Waals surface area (Å²) >= 11 is 1.68. The lowest BCUT2D eigenvalue weighted by Crippen LogP contribution is -2.25. The van der Waals surface area contributed by atoms with Gasteiger partial charge < -0.3 is 14.6 Å². The van der Waals surface area contributed by atoms with Crippen molar-refractivity contribution in [1.29, 1.82) is 0 Å². The van der Waals surface area contributed by atoms with E-state index in [9.17, 15) is 4.79 Å². The van der Waals surface area contributed by atoms with Crippen LogP contribution < -0.4 is 5.32 Å². The minimum Gasteiger partial charge on any atom is -0.385 e. The third kappa shape index (κ3) is 4.89. The Kier molecular flexibility index (Phi) is 6.48. The average Bonchev–Trinajstić information content (AvgIpc) is 2.95. The van der Waals surface area contributed by atoms with Crippen LogP contribution in [0.1, 0.15) is 22.3 Å². The van der Waals surface area contributed by atoms with Gasteiger partial charge in [-0.3, -0.25) is 4.79 Å². The summed E-state index contributed by atoms with van der Waals surface area (Å²) in [5.41, 5.74) is 1.85. The highest BCUT2D eigenvalue weighted by Crippen LogP contribution is 2.20. The van der Waals surface area contributed by atoms with Crippen LogP contribution in [-0.4, -0.2) is 35.7 Å². The molecule has 1 amide bonds. The molecule has 1 aromatic carbocycles. The molecule has 0 bridgehead atoms. The van der Waals surface area contributed by atoms with Gasteiger partial charge in [-0.2, -0.15) is 0 Å². The van der Waals surface area contributed by atoms with Crippen molar-refractivity contribution in [3.05, 3.63) is 47.8 Å². The molecule has 0 aliphatic carbocycles. The van der Waals surface area contributed by atoms with E-state index >= 15 is 0 Å². The van der Waals surface area contributed by atoms with Gasteiger partial charge in [0.25, 0.3) is 5.91 Å². The Morgan fingerprint density at radius 1 is 1.36 bits per heavy atom. The minimum absolute atomic E-state index is 0.0422. The van der Waals surface area contributed by atoms with Gasteiger partial charge in [0.1, 0.15) is 0 Å². The van der Waals surface area contributed by atoms with Crippen LogP contribution in [0.5, 0.6) is 0 Å². The fourth-order valence-corrected chi connectivity index (χ4v) is 2.80. The first-order valence-corrected chi connectivity index (χ1v) is 8.15. The molecule has 1 aromatic heterocycles.